The van der Waals surface area contributed by atoms with E-state index in [1.807, 2.05) is 42.5 Å². The first-order valence-electron chi connectivity index (χ1n) is 5.53. The summed E-state index contributed by atoms with van der Waals surface area (Å²) in [6.07, 6.45) is 0. The van der Waals surface area contributed by atoms with Gasteiger partial charge in [-0.1, -0.05) is 48.5 Å². The van der Waals surface area contributed by atoms with Crippen LogP contribution in [0.5, 0.6) is 0 Å². The average molecular weight is 238 g/mol. The molecule has 0 saturated heterocycles. The van der Waals surface area contributed by atoms with Crippen molar-refractivity contribution >= 4 is 16.9 Å². The van der Waals surface area contributed by atoms with Gasteiger partial charge in [-0.15, -0.1) is 0 Å². The highest BCUT2D eigenvalue weighted by Crippen LogP contribution is 2.28. The maximum absolute atomic E-state index is 11.1. The number of nitrogens with one attached hydrogen (secondary N) is 1. The zero-order valence-corrected chi connectivity index (χ0v) is 9.42. The van der Waals surface area contributed by atoms with Crippen molar-refractivity contribution < 1.29 is 9.90 Å². The molecule has 0 spiro atoms. The molecule has 0 aliphatic carbocycles. The van der Waals surface area contributed by atoms with Crippen LogP contribution in [0.25, 0.3) is 22.0 Å². The van der Waals surface area contributed by atoms with Gasteiger partial charge in [-0.2, -0.15) is 5.10 Å². The predicted molar refractivity (Wildman–Crippen MR) is 68.5 cm³/mol. The van der Waals surface area contributed by atoms with Crippen molar-refractivity contribution in [2.45, 2.75) is 0 Å². The van der Waals surface area contributed by atoms with E-state index >= 15 is 0 Å². The lowest BCUT2D eigenvalue weighted by Crippen LogP contribution is -1.96. The van der Waals surface area contributed by atoms with Crippen LogP contribution in [0, 0.1) is 0 Å². The first-order valence-corrected chi connectivity index (χ1v) is 5.53. The zero-order valence-electron chi connectivity index (χ0n) is 9.42. The van der Waals surface area contributed by atoms with E-state index in [1.165, 1.54) is 0 Å². The first-order chi connectivity index (χ1) is 8.77. The molecular weight excluding hydrogens is 228 g/mol. The highest BCUT2D eigenvalue weighted by atomic mass is 16.4. The number of carboxylic acids is 1. The van der Waals surface area contributed by atoms with Gasteiger partial charge in [0.1, 0.15) is 5.52 Å². The molecule has 4 nitrogen and oxygen atoms in total. The number of aromatic amines is 1. The first kappa shape index (κ1) is 10.5. The number of fused-ring (bicyclic) bond motifs is 1. The molecule has 18 heavy (non-hydrogen) atoms. The molecule has 1 aromatic heterocycles. The van der Waals surface area contributed by atoms with Crippen LogP contribution < -0.4 is 0 Å². The number of para-hydroxylation sites is 1. The van der Waals surface area contributed by atoms with Crippen LogP contribution >= 0.6 is 0 Å². The summed E-state index contributed by atoms with van der Waals surface area (Å²) in [5.41, 5.74) is 2.76. The molecule has 0 radical (unpaired) electrons. The second kappa shape index (κ2) is 4.00. The Kier molecular flexibility index (Phi) is 2.34. The standard InChI is InChI=1S/C14H10N2O2/c17-14(18)13-11-8-4-7-10(12(11)15-16-13)9-5-2-1-3-6-9/h1-8H,(H,15,16)(H,17,18). The molecule has 3 aromatic rings. The van der Waals surface area contributed by atoms with E-state index < -0.39 is 5.97 Å². The molecule has 2 N–H and O–H groups in total. The minimum absolute atomic E-state index is 0.128. The molecule has 4 heteroatoms. The van der Waals surface area contributed by atoms with Gasteiger partial charge in [-0.3, -0.25) is 5.10 Å². The van der Waals surface area contributed by atoms with Crippen LogP contribution in [-0.4, -0.2) is 21.3 Å². The Morgan fingerprint density at radius 1 is 1.06 bits per heavy atom. The van der Waals surface area contributed by atoms with Gasteiger partial charge in [0.15, 0.2) is 5.69 Å². The van der Waals surface area contributed by atoms with Crippen LogP contribution in [-0.2, 0) is 0 Å². The number of benzene rings is 2. The molecule has 0 aliphatic rings. The van der Waals surface area contributed by atoms with Crippen LogP contribution in [0.3, 0.4) is 0 Å². The molecule has 0 unspecified atom stereocenters. The molecule has 0 amide bonds. The molecule has 0 saturated carbocycles. The maximum atomic E-state index is 11.1. The van der Waals surface area contributed by atoms with E-state index in [0.29, 0.717) is 10.9 Å². The SMILES string of the molecule is O=C(O)c1[nH]nc2c(-c3ccccc3)cccc12. The van der Waals surface area contributed by atoms with Gasteiger partial charge in [0.05, 0.1) is 0 Å². The van der Waals surface area contributed by atoms with Crippen LogP contribution in [0.15, 0.2) is 48.5 Å². The molecule has 0 atom stereocenters. The van der Waals surface area contributed by atoms with Gasteiger partial charge in [0, 0.05) is 10.9 Å². The zero-order chi connectivity index (χ0) is 12.5. The fourth-order valence-electron chi connectivity index (χ4n) is 2.05. The number of H-pyrrole nitrogens is 1. The monoisotopic (exact) mass is 238 g/mol. The molecule has 1 heterocycles. The summed E-state index contributed by atoms with van der Waals surface area (Å²) in [5, 5.41) is 16.4. The van der Waals surface area contributed by atoms with Crippen molar-refractivity contribution in [3.8, 4) is 11.1 Å². The molecule has 0 aliphatic heterocycles. The van der Waals surface area contributed by atoms with Gasteiger partial charge in [-0.25, -0.2) is 4.79 Å². The quantitative estimate of drug-likeness (QED) is 0.721. The lowest BCUT2D eigenvalue weighted by atomic mass is 10.0. The average Bonchev–Trinajstić information content (AvgIpc) is 2.83. The summed E-state index contributed by atoms with van der Waals surface area (Å²) in [6, 6.07) is 15.3. The Morgan fingerprint density at radius 3 is 2.56 bits per heavy atom. The molecule has 3 rings (SSSR count). The Bertz CT molecular complexity index is 717. The van der Waals surface area contributed by atoms with Crippen LogP contribution in [0.1, 0.15) is 10.5 Å². The number of aromatic nitrogens is 2. The number of carboxylic acid groups (broad SMARTS) is 1. The third-order valence-electron chi connectivity index (χ3n) is 2.88. The van der Waals surface area contributed by atoms with E-state index in [-0.39, 0.29) is 5.69 Å². The number of hydrogen-bond acceptors (Lipinski definition) is 2. The Hall–Kier alpha value is -2.62. The molecular formula is C14H10N2O2. The summed E-state index contributed by atoms with van der Waals surface area (Å²) in [4.78, 5) is 11.1. The van der Waals surface area contributed by atoms with Gasteiger partial charge >= 0.3 is 5.97 Å². The van der Waals surface area contributed by atoms with Crippen molar-refractivity contribution in [1.82, 2.24) is 10.2 Å². The van der Waals surface area contributed by atoms with E-state index in [2.05, 4.69) is 10.2 Å². The molecule has 2 aromatic carbocycles. The number of nitrogens with zero attached hydrogens (tertiary/aromatic N) is 1. The van der Waals surface area contributed by atoms with Gasteiger partial charge in [-0.05, 0) is 5.56 Å². The minimum Gasteiger partial charge on any atom is -0.477 e. The third kappa shape index (κ3) is 1.55. The van der Waals surface area contributed by atoms with Gasteiger partial charge in [0.2, 0.25) is 0 Å². The van der Waals surface area contributed by atoms with Crippen LogP contribution in [0.2, 0.25) is 0 Å². The van der Waals surface area contributed by atoms with Crippen molar-refractivity contribution in [3.05, 3.63) is 54.2 Å². The van der Waals surface area contributed by atoms with Gasteiger partial charge in [0.25, 0.3) is 0 Å². The lowest BCUT2D eigenvalue weighted by molar-refractivity contribution is 0.0692. The highest BCUT2D eigenvalue weighted by Gasteiger charge is 2.14. The fraction of sp³-hybridized carbons (Fsp3) is 0. The maximum Gasteiger partial charge on any atom is 0.354 e. The summed E-state index contributed by atoms with van der Waals surface area (Å²) < 4.78 is 0. The number of hydrogen-bond donors (Lipinski definition) is 2. The van der Waals surface area contributed by atoms with E-state index in [9.17, 15) is 4.79 Å². The molecule has 0 bridgehead atoms. The van der Waals surface area contributed by atoms with Crippen molar-refractivity contribution in [3.63, 3.8) is 0 Å². The van der Waals surface area contributed by atoms with Crippen molar-refractivity contribution in [2.75, 3.05) is 0 Å². The molecule has 88 valence electrons. The largest absolute Gasteiger partial charge is 0.477 e. The highest BCUT2D eigenvalue weighted by molar-refractivity contribution is 6.05. The second-order valence-electron chi connectivity index (χ2n) is 3.97. The Labute approximate surface area is 103 Å². The third-order valence-corrected chi connectivity index (χ3v) is 2.88. The number of aromatic carboxylic acids is 1. The van der Waals surface area contributed by atoms with Crippen LogP contribution in [0.4, 0.5) is 0 Å². The smallest absolute Gasteiger partial charge is 0.354 e. The van der Waals surface area contributed by atoms with E-state index in [4.69, 9.17) is 5.11 Å². The topological polar surface area (TPSA) is 66.0 Å². The summed E-state index contributed by atoms with van der Waals surface area (Å²) in [6.45, 7) is 0. The van der Waals surface area contributed by atoms with E-state index in [0.717, 1.165) is 11.1 Å². The van der Waals surface area contributed by atoms with E-state index in [1.54, 1.807) is 6.07 Å². The normalized spacial score (nSPS) is 10.7. The Balaban J connectivity index is 2.29. The van der Waals surface area contributed by atoms with Crippen molar-refractivity contribution in [1.29, 1.82) is 0 Å². The predicted octanol–water partition coefficient (Wildman–Crippen LogP) is 2.93. The van der Waals surface area contributed by atoms with Crippen molar-refractivity contribution in [2.24, 2.45) is 0 Å². The second-order valence-corrected chi connectivity index (χ2v) is 3.97. The summed E-state index contributed by atoms with van der Waals surface area (Å²) >= 11 is 0. The lowest BCUT2D eigenvalue weighted by Gasteiger charge is -2.01. The minimum atomic E-state index is -0.997. The summed E-state index contributed by atoms with van der Waals surface area (Å²) in [5.74, 6) is -0.997. The number of rotatable bonds is 2. The number of carbonyl (C=O) groups is 1. The Morgan fingerprint density at radius 2 is 1.83 bits per heavy atom. The van der Waals surface area contributed by atoms with Gasteiger partial charge < -0.3 is 5.11 Å². The summed E-state index contributed by atoms with van der Waals surface area (Å²) in [7, 11) is 0. The fourth-order valence-corrected chi connectivity index (χ4v) is 2.05. The molecule has 0 fully saturated rings.